The van der Waals surface area contributed by atoms with Gasteiger partial charge in [0.1, 0.15) is 11.5 Å². The number of benzene rings is 2. The zero-order valence-corrected chi connectivity index (χ0v) is 12.5. The SMILES string of the molecule is OCc1c(-c2cccc(Br)c2)noc1-c1cccc(F)c1. The Morgan fingerprint density at radius 2 is 1.86 bits per heavy atom. The molecule has 0 aliphatic heterocycles. The molecule has 0 unspecified atom stereocenters. The Labute approximate surface area is 129 Å². The molecule has 0 spiro atoms. The molecule has 0 atom stereocenters. The van der Waals surface area contributed by atoms with Crippen molar-refractivity contribution in [3.8, 4) is 22.6 Å². The molecular formula is C16H11BrFNO2. The number of nitrogens with zero attached hydrogens (tertiary/aromatic N) is 1. The molecule has 1 N–H and O–H groups in total. The molecule has 0 saturated carbocycles. The van der Waals surface area contributed by atoms with Crippen molar-refractivity contribution in [1.82, 2.24) is 5.16 Å². The van der Waals surface area contributed by atoms with E-state index < -0.39 is 0 Å². The van der Waals surface area contributed by atoms with E-state index in [0.29, 0.717) is 22.6 Å². The van der Waals surface area contributed by atoms with Crippen LogP contribution in [0.25, 0.3) is 22.6 Å². The highest BCUT2D eigenvalue weighted by atomic mass is 79.9. The second kappa shape index (κ2) is 5.79. The summed E-state index contributed by atoms with van der Waals surface area (Å²) < 4.78 is 19.6. The summed E-state index contributed by atoms with van der Waals surface area (Å²) in [6, 6.07) is 13.5. The third kappa shape index (κ3) is 2.75. The summed E-state index contributed by atoms with van der Waals surface area (Å²) in [6.07, 6.45) is 0. The van der Waals surface area contributed by atoms with E-state index in [2.05, 4.69) is 21.1 Å². The lowest BCUT2D eigenvalue weighted by molar-refractivity contribution is 0.281. The molecule has 1 aromatic heterocycles. The minimum absolute atomic E-state index is 0.239. The van der Waals surface area contributed by atoms with E-state index in [1.165, 1.54) is 12.1 Å². The van der Waals surface area contributed by atoms with Gasteiger partial charge in [0.05, 0.1) is 12.2 Å². The fourth-order valence-electron chi connectivity index (χ4n) is 2.18. The van der Waals surface area contributed by atoms with Crippen LogP contribution >= 0.6 is 15.9 Å². The Hall–Kier alpha value is -1.98. The lowest BCUT2D eigenvalue weighted by Crippen LogP contribution is -1.89. The first-order valence-electron chi connectivity index (χ1n) is 6.30. The van der Waals surface area contributed by atoms with Crippen LogP contribution in [0, 0.1) is 5.82 Å². The zero-order valence-electron chi connectivity index (χ0n) is 10.9. The van der Waals surface area contributed by atoms with Gasteiger partial charge in [-0.25, -0.2) is 4.39 Å². The molecule has 3 aromatic rings. The predicted octanol–water partition coefficient (Wildman–Crippen LogP) is 4.40. The van der Waals surface area contributed by atoms with Crippen LogP contribution in [0.3, 0.4) is 0 Å². The summed E-state index contributed by atoms with van der Waals surface area (Å²) in [5.74, 6) is 0.0174. The molecule has 0 aliphatic carbocycles. The Balaban J connectivity index is 2.13. The quantitative estimate of drug-likeness (QED) is 0.763. The van der Waals surface area contributed by atoms with Crippen LogP contribution in [0.15, 0.2) is 57.5 Å². The van der Waals surface area contributed by atoms with Gasteiger partial charge in [-0.1, -0.05) is 45.4 Å². The Morgan fingerprint density at radius 3 is 2.57 bits per heavy atom. The highest BCUT2D eigenvalue weighted by Gasteiger charge is 2.18. The average Bonchev–Trinajstić information content (AvgIpc) is 2.91. The summed E-state index contributed by atoms with van der Waals surface area (Å²) in [7, 11) is 0. The number of aliphatic hydroxyl groups excluding tert-OH is 1. The summed E-state index contributed by atoms with van der Waals surface area (Å²) in [4.78, 5) is 0. The normalized spacial score (nSPS) is 10.8. The van der Waals surface area contributed by atoms with Gasteiger partial charge < -0.3 is 9.63 Å². The fraction of sp³-hybridized carbons (Fsp3) is 0.0625. The smallest absolute Gasteiger partial charge is 0.173 e. The zero-order chi connectivity index (χ0) is 14.8. The fourth-order valence-corrected chi connectivity index (χ4v) is 2.57. The van der Waals surface area contributed by atoms with Crippen LogP contribution in [0.1, 0.15) is 5.56 Å². The number of aromatic nitrogens is 1. The number of hydrogen-bond donors (Lipinski definition) is 1. The van der Waals surface area contributed by atoms with Gasteiger partial charge in [0.2, 0.25) is 0 Å². The van der Waals surface area contributed by atoms with Crippen molar-refractivity contribution in [1.29, 1.82) is 0 Å². The van der Waals surface area contributed by atoms with Gasteiger partial charge in [-0.15, -0.1) is 0 Å². The Morgan fingerprint density at radius 1 is 1.10 bits per heavy atom. The molecule has 0 aliphatic rings. The van der Waals surface area contributed by atoms with Crippen LogP contribution < -0.4 is 0 Å². The van der Waals surface area contributed by atoms with Crippen molar-refractivity contribution in [3.05, 3.63) is 64.4 Å². The summed E-state index contributed by atoms with van der Waals surface area (Å²) in [6.45, 7) is -0.239. The average molecular weight is 348 g/mol. The van der Waals surface area contributed by atoms with Crippen LogP contribution in [-0.4, -0.2) is 10.3 Å². The van der Waals surface area contributed by atoms with Crippen molar-refractivity contribution >= 4 is 15.9 Å². The minimum Gasteiger partial charge on any atom is -0.391 e. The molecule has 1 heterocycles. The molecule has 0 fully saturated rings. The monoisotopic (exact) mass is 347 g/mol. The molecule has 106 valence electrons. The summed E-state index contributed by atoms with van der Waals surface area (Å²) >= 11 is 3.40. The van der Waals surface area contributed by atoms with E-state index in [-0.39, 0.29) is 12.4 Å². The lowest BCUT2D eigenvalue weighted by atomic mass is 10.0. The molecule has 0 saturated heterocycles. The standard InChI is InChI=1S/C16H11BrFNO2/c17-12-5-1-3-10(7-12)15-14(9-20)16(21-19-15)11-4-2-6-13(18)8-11/h1-8,20H,9H2. The largest absolute Gasteiger partial charge is 0.391 e. The van der Waals surface area contributed by atoms with E-state index in [1.807, 2.05) is 24.3 Å². The first-order valence-corrected chi connectivity index (χ1v) is 7.09. The molecule has 3 nitrogen and oxygen atoms in total. The molecule has 2 aromatic carbocycles. The molecule has 0 bridgehead atoms. The molecular weight excluding hydrogens is 337 g/mol. The van der Waals surface area contributed by atoms with Crippen molar-refractivity contribution in [2.24, 2.45) is 0 Å². The maximum atomic E-state index is 13.3. The third-order valence-corrected chi connectivity index (χ3v) is 3.62. The van der Waals surface area contributed by atoms with Gasteiger partial charge >= 0.3 is 0 Å². The topological polar surface area (TPSA) is 46.3 Å². The predicted molar refractivity (Wildman–Crippen MR) is 81.0 cm³/mol. The van der Waals surface area contributed by atoms with Crippen molar-refractivity contribution in [2.75, 3.05) is 0 Å². The van der Waals surface area contributed by atoms with Crippen molar-refractivity contribution in [3.63, 3.8) is 0 Å². The number of halogens is 2. The van der Waals surface area contributed by atoms with Gasteiger partial charge in [0.15, 0.2) is 5.76 Å². The number of aliphatic hydroxyl groups is 1. The number of rotatable bonds is 3. The van der Waals surface area contributed by atoms with Crippen molar-refractivity contribution in [2.45, 2.75) is 6.61 Å². The third-order valence-electron chi connectivity index (χ3n) is 3.13. The lowest BCUT2D eigenvalue weighted by Gasteiger charge is -2.02. The summed E-state index contributed by atoms with van der Waals surface area (Å²) in [5, 5.41) is 13.7. The van der Waals surface area contributed by atoms with E-state index in [1.54, 1.807) is 12.1 Å². The van der Waals surface area contributed by atoms with E-state index >= 15 is 0 Å². The second-order valence-corrected chi connectivity index (χ2v) is 5.43. The first-order chi connectivity index (χ1) is 10.2. The van der Waals surface area contributed by atoms with Crippen molar-refractivity contribution < 1.29 is 14.0 Å². The molecule has 3 rings (SSSR count). The molecule has 0 radical (unpaired) electrons. The van der Waals surface area contributed by atoms with E-state index in [4.69, 9.17) is 4.52 Å². The minimum atomic E-state index is -0.364. The van der Waals surface area contributed by atoms with Gasteiger partial charge in [-0.3, -0.25) is 0 Å². The van der Waals surface area contributed by atoms with Crippen LogP contribution in [0.5, 0.6) is 0 Å². The second-order valence-electron chi connectivity index (χ2n) is 4.52. The highest BCUT2D eigenvalue weighted by Crippen LogP contribution is 2.33. The van der Waals surface area contributed by atoms with Gasteiger partial charge in [0.25, 0.3) is 0 Å². The first kappa shape index (κ1) is 14.0. The van der Waals surface area contributed by atoms with E-state index in [9.17, 15) is 9.50 Å². The summed E-state index contributed by atoms with van der Waals surface area (Å²) in [5.41, 5.74) is 2.46. The molecule has 0 amide bonds. The maximum absolute atomic E-state index is 13.3. The van der Waals surface area contributed by atoms with Crippen LogP contribution in [0.2, 0.25) is 0 Å². The Bertz CT molecular complexity index is 722. The van der Waals surface area contributed by atoms with Gasteiger partial charge in [-0.05, 0) is 24.3 Å². The number of hydrogen-bond acceptors (Lipinski definition) is 3. The Kier molecular flexibility index (Phi) is 3.86. The molecule has 21 heavy (non-hydrogen) atoms. The molecule has 5 heteroatoms. The highest BCUT2D eigenvalue weighted by molar-refractivity contribution is 9.10. The van der Waals surface area contributed by atoms with E-state index in [0.717, 1.165) is 10.0 Å². The van der Waals surface area contributed by atoms with Gasteiger partial charge in [-0.2, -0.15) is 0 Å². The van der Waals surface area contributed by atoms with Crippen LogP contribution in [-0.2, 0) is 6.61 Å². The van der Waals surface area contributed by atoms with Gasteiger partial charge in [0, 0.05) is 15.6 Å². The maximum Gasteiger partial charge on any atom is 0.173 e. The van der Waals surface area contributed by atoms with Crippen LogP contribution in [0.4, 0.5) is 4.39 Å².